The van der Waals surface area contributed by atoms with E-state index in [-0.39, 0.29) is 23.2 Å². The standard InChI is InChI=1S/C17H17N5O3S/c1-3-24-16(23)12-9-19-17(20-13(12)18)26-10(2)14-21-22-15(25-14)11-7-5-4-6-8-11/h4-10H,3H2,1-2H3,(H2,18,19,20)/t10-/m1/s1. The maximum atomic E-state index is 11.7. The molecule has 0 saturated carbocycles. The van der Waals surface area contributed by atoms with E-state index >= 15 is 0 Å². The van der Waals surface area contributed by atoms with E-state index in [0.29, 0.717) is 16.9 Å². The predicted octanol–water partition coefficient (Wildman–Crippen LogP) is 3.14. The minimum absolute atomic E-state index is 0.0728. The molecule has 1 atom stereocenters. The lowest BCUT2D eigenvalue weighted by atomic mass is 10.2. The van der Waals surface area contributed by atoms with Crippen LogP contribution >= 0.6 is 11.8 Å². The van der Waals surface area contributed by atoms with Crippen molar-refractivity contribution in [3.63, 3.8) is 0 Å². The van der Waals surface area contributed by atoms with Gasteiger partial charge < -0.3 is 14.9 Å². The van der Waals surface area contributed by atoms with E-state index in [1.165, 1.54) is 18.0 Å². The van der Waals surface area contributed by atoms with E-state index in [1.807, 2.05) is 37.3 Å². The summed E-state index contributed by atoms with van der Waals surface area (Å²) in [7, 11) is 0. The molecule has 3 rings (SSSR count). The van der Waals surface area contributed by atoms with Crippen molar-refractivity contribution in [2.45, 2.75) is 24.3 Å². The normalized spacial score (nSPS) is 11.9. The molecule has 0 fully saturated rings. The van der Waals surface area contributed by atoms with E-state index < -0.39 is 5.97 Å². The minimum Gasteiger partial charge on any atom is -0.462 e. The van der Waals surface area contributed by atoms with Gasteiger partial charge in [-0.15, -0.1) is 10.2 Å². The van der Waals surface area contributed by atoms with Crippen molar-refractivity contribution >= 4 is 23.5 Å². The van der Waals surface area contributed by atoms with Crippen LogP contribution in [0.3, 0.4) is 0 Å². The van der Waals surface area contributed by atoms with Gasteiger partial charge in [-0.3, -0.25) is 0 Å². The number of nitrogen functional groups attached to an aromatic ring is 1. The van der Waals surface area contributed by atoms with Gasteiger partial charge in [0.05, 0.1) is 11.9 Å². The van der Waals surface area contributed by atoms with Crippen LogP contribution in [0.2, 0.25) is 0 Å². The number of hydrogen-bond acceptors (Lipinski definition) is 9. The summed E-state index contributed by atoms with van der Waals surface area (Å²) in [6.45, 7) is 3.87. The zero-order valence-electron chi connectivity index (χ0n) is 14.2. The molecule has 8 nitrogen and oxygen atoms in total. The molecule has 0 radical (unpaired) electrons. The Morgan fingerprint density at radius 2 is 2.08 bits per heavy atom. The van der Waals surface area contributed by atoms with Gasteiger partial charge in [-0.1, -0.05) is 30.0 Å². The molecule has 0 unspecified atom stereocenters. The average molecular weight is 371 g/mol. The van der Waals surface area contributed by atoms with Crippen LogP contribution in [0, 0.1) is 0 Å². The lowest BCUT2D eigenvalue weighted by Gasteiger charge is -2.08. The molecular weight excluding hydrogens is 354 g/mol. The van der Waals surface area contributed by atoms with Gasteiger partial charge in [-0.2, -0.15) is 0 Å². The SMILES string of the molecule is CCOC(=O)c1cnc(S[C@H](C)c2nnc(-c3ccccc3)o2)nc1N. The van der Waals surface area contributed by atoms with E-state index in [1.54, 1.807) is 6.92 Å². The maximum absolute atomic E-state index is 11.7. The average Bonchev–Trinajstić information content (AvgIpc) is 3.13. The fourth-order valence-corrected chi connectivity index (χ4v) is 2.88. The Balaban J connectivity index is 1.72. The van der Waals surface area contributed by atoms with Crippen molar-refractivity contribution in [3.8, 4) is 11.5 Å². The number of rotatable bonds is 6. The highest BCUT2D eigenvalue weighted by Crippen LogP contribution is 2.33. The second-order valence-electron chi connectivity index (χ2n) is 5.24. The first-order chi connectivity index (χ1) is 12.6. The lowest BCUT2D eigenvalue weighted by molar-refractivity contribution is 0.0526. The van der Waals surface area contributed by atoms with Gasteiger partial charge in [0.15, 0.2) is 5.16 Å². The summed E-state index contributed by atoms with van der Waals surface area (Å²) in [5.74, 6) is 0.430. The zero-order chi connectivity index (χ0) is 18.5. The first-order valence-electron chi connectivity index (χ1n) is 7.93. The summed E-state index contributed by atoms with van der Waals surface area (Å²) >= 11 is 1.30. The third-order valence-electron chi connectivity index (χ3n) is 3.38. The lowest BCUT2D eigenvalue weighted by Crippen LogP contribution is -2.10. The van der Waals surface area contributed by atoms with Crippen molar-refractivity contribution < 1.29 is 13.9 Å². The Labute approximate surface area is 154 Å². The molecule has 0 aliphatic carbocycles. The van der Waals surface area contributed by atoms with Crippen LogP contribution in [0.4, 0.5) is 5.82 Å². The number of carbonyl (C=O) groups is 1. The molecule has 0 aliphatic heterocycles. The van der Waals surface area contributed by atoms with Crippen LogP contribution < -0.4 is 5.73 Å². The number of ether oxygens (including phenoxy) is 1. The molecule has 9 heteroatoms. The fourth-order valence-electron chi connectivity index (χ4n) is 2.11. The van der Waals surface area contributed by atoms with Gasteiger partial charge in [0, 0.05) is 11.8 Å². The highest BCUT2D eigenvalue weighted by Gasteiger charge is 2.19. The van der Waals surface area contributed by atoms with Gasteiger partial charge in [0.1, 0.15) is 11.4 Å². The van der Waals surface area contributed by atoms with Crippen molar-refractivity contribution in [2.75, 3.05) is 12.3 Å². The first-order valence-corrected chi connectivity index (χ1v) is 8.81. The van der Waals surface area contributed by atoms with Gasteiger partial charge in [-0.05, 0) is 26.0 Å². The van der Waals surface area contributed by atoms with Crippen LogP contribution in [-0.4, -0.2) is 32.7 Å². The van der Waals surface area contributed by atoms with Crippen molar-refractivity contribution in [1.82, 2.24) is 20.2 Å². The van der Waals surface area contributed by atoms with E-state index in [0.717, 1.165) is 5.56 Å². The van der Waals surface area contributed by atoms with Gasteiger partial charge in [-0.25, -0.2) is 14.8 Å². The molecule has 26 heavy (non-hydrogen) atoms. The summed E-state index contributed by atoms with van der Waals surface area (Å²) in [5.41, 5.74) is 6.83. The summed E-state index contributed by atoms with van der Waals surface area (Å²) in [6, 6.07) is 9.51. The monoisotopic (exact) mass is 371 g/mol. The van der Waals surface area contributed by atoms with Gasteiger partial charge in [0.25, 0.3) is 0 Å². The van der Waals surface area contributed by atoms with E-state index in [9.17, 15) is 4.79 Å². The van der Waals surface area contributed by atoms with Crippen LogP contribution in [0.1, 0.15) is 35.3 Å². The number of carbonyl (C=O) groups excluding carboxylic acids is 1. The second kappa shape index (κ2) is 7.96. The Hall–Kier alpha value is -2.94. The minimum atomic E-state index is -0.543. The molecule has 0 aliphatic rings. The number of anilines is 1. The molecule has 134 valence electrons. The molecule has 0 amide bonds. The smallest absolute Gasteiger partial charge is 0.343 e. The molecule has 2 N–H and O–H groups in total. The van der Waals surface area contributed by atoms with Crippen molar-refractivity contribution in [2.24, 2.45) is 0 Å². The third kappa shape index (κ3) is 3.99. The molecule has 1 aromatic carbocycles. The van der Waals surface area contributed by atoms with Crippen LogP contribution in [0.5, 0.6) is 0 Å². The fraction of sp³-hybridized carbons (Fsp3) is 0.235. The van der Waals surface area contributed by atoms with E-state index in [2.05, 4.69) is 20.2 Å². The van der Waals surface area contributed by atoms with Crippen molar-refractivity contribution in [3.05, 3.63) is 48.0 Å². The van der Waals surface area contributed by atoms with Crippen LogP contribution in [0.25, 0.3) is 11.5 Å². The number of hydrogen-bond donors (Lipinski definition) is 1. The number of aromatic nitrogens is 4. The molecule has 0 spiro atoms. The Bertz CT molecular complexity index is 900. The topological polar surface area (TPSA) is 117 Å². The first kappa shape index (κ1) is 17.9. The van der Waals surface area contributed by atoms with Crippen molar-refractivity contribution in [1.29, 1.82) is 0 Å². The number of esters is 1. The molecule has 0 bridgehead atoms. The molecule has 2 aromatic heterocycles. The number of nitrogens with two attached hydrogens (primary N) is 1. The second-order valence-corrected chi connectivity index (χ2v) is 6.55. The highest BCUT2D eigenvalue weighted by molar-refractivity contribution is 7.99. The number of thioether (sulfide) groups is 1. The number of benzene rings is 1. The number of nitrogens with zero attached hydrogens (tertiary/aromatic N) is 4. The van der Waals surface area contributed by atoms with Gasteiger partial charge in [0.2, 0.25) is 11.8 Å². The maximum Gasteiger partial charge on any atom is 0.343 e. The summed E-state index contributed by atoms with van der Waals surface area (Å²) in [5, 5.41) is 8.37. The van der Waals surface area contributed by atoms with E-state index in [4.69, 9.17) is 14.9 Å². The highest BCUT2D eigenvalue weighted by atomic mass is 32.2. The predicted molar refractivity (Wildman–Crippen MR) is 96.4 cm³/mol. The summed E-state index contributed by atoms with van der Waals surface area (Å²) in [6.07, 6.45) is 1.36. The Kier molecular flexibility index (Phi) is 5.47. The van der Waals surface area contributed by atoms with Crippen LogP contribution in [0.15, 0.2) is 46.1 Å². The third-order valence-corrected chi connectivity index (χ3v) is 4.35. The molecule has 0 saturated heterocycles. The van der Waals surface area contributed by atoms with Crippen LogP contribution in [-0.2, 0) is 4.74 Å². The summed E-state index contributed by atoms with van der Waals surface area (Å²) < 4.78 is 10.6. The Morgan fingerprint density at radius 3 is 2.77 bits per heavy atom. The molecule has 3 aromatic rings. The largest absolute Gasteiger partial charge is 0.462 e. The molecular formula is C17H17N5O3S. The quantitative estimate of drug-likeness (QED) is 0.396. The van der Waals surface area contributed by atoms with Gasteiger partial charge >= 0.3 is 5.97 Å². The summed E-state index contributed by atoms with van der Waals surface area (Å²) in [4.78, 5) is 20.0. The Morgan fingerprint density at radius 1 is 1.31 bits per heavy atom. The molecule has 2 heterocycles. The zero-order valence-corrected chi connectivity index (χ0v) is 15.1.